The summed E-state index contributed by atoms with van der Waals surface area (Å²) in [7, 11) is 0. The zero-order valence-electron chi connectivity index (χ0n) is 7.74. The van der Waals surface area contributed by atoms with Crippen LogP contribution in [0.25, 0.3) is 0 Å². The van der Waals surface area contributed by atoms with Crippen molar-refractivity contribution < 1.29 is 17.6 Å². The van der Waals surface area contributed by atoms with Gasteiger partial charge in [-0.3, -0.25) is 0 Å². The zero-order chi connectivity index (χ0) is 11.1. The number of nitrogens with one attached hydrogen (secondary N) is 1. The summed E-state index contributed by atoms with van der Waals surface area (Å²) in [4.78, 5) is 0. The highest BCUT2D eigenvalue weighted by Gasteiger charge is 2.32. The first-order valence-electron chi connectivity index (χ1n) is 4.58. The van der Waals surface area contributed by atoms with Gasteiger partial charge in [0, 0.05) is 11.6 Å². The van der Waals surface area contributed by atoms with Crippen molar-refractivity contribution in [1.82, 2.24) is 5.32 Å². The van der Waals surface area contributed by atoms with Gasteiger partial charge in [0.05, 0.1) is 5.56 Å². The lowest BCUT2D eigenvalue weighted by atomic mass is 9.96. The van der Waals surface area contributed by atoms with Crippen LogP contribution in [0.4, 0.5) is 17.6 Å². The molecule has 1 heterocycles. The van der Waals surface area contributed by atoms with Crippen molar-refractivity contribution in [2.45, 2.75) is 18.6 Å². The highest BCUT2D eigenvalue weighted by Crippen LogP contribution is 2.33. The second-order valence-electron chi connectivity index (χ2n) is 3.53. The monoisotopic (exact) mass is 219 g/mol. The van der Waals surface area contributed by atoms with Crippen molar-refractivity contribution >= 4 is 0 Å². The van der Waals surface area contributed by atoms with E-state index in [1.165, 1.54) is 0 Å². The highest BCUT2D eigenvalue weighted by molar-refractivity contribution is 5.30. The summed E-state index contributed by atoms with van der Waals surface area (Å²) >= 11 is 0. The van der Waals surface area contributed by atoms with Crippen LogP contribution in [0.1, 0.15) is 23.6 Å². The second-order valence-corrected chi connectivity index (χ2v) is 3.53. The topological polar surface area (TPSA) is 12.0 Å². The molecule has 0 saturated carbocycles. The van der Waals surface area contributed by atoms with Crippen molar-refractivity contribution in [3.05, 3.63) is 35.1 Å². The summed E-state index contributed by atoms with van der Waals surface area (Å²) in [5.41, 5.74) is -0.691. The number of alkyl halides is 3. The maximum Gasteiger partial charge on any atom is 0.416 e. The largest absolute Gasteiger partial charge is 0.416 e. The third kappa shape index (κ3) is 1.97. The van der Waals surface area contributed by atoms with Crippen molar-refractivity contribution in [3.63, 3.8) is 0 Å². The van der Waals surface area contributed by atoms with Crippen LogP contribution in [0.5, 0.6) is 0 Å². The Morgan fingerprint density at radius 1 is 1.27 bits per heavy atom. The Labute approximate surface area is 84.1 Å². The molecule has 1 N–H and O–H groups in total. The molecule has 1 aliphatic rings. The second kappa shape index (κ2) is 3.48. The summed E-state index contributed by atoms with van der Waals surface area (Å²) in [5, 5.41) is 2.87. The van der Waals surface area contributed by atoms with Crippen molar-refractivity contribution in [2.75, 3.05) is 6.54 Å². The minimum atomic E-state index is -4.41. The normalized spacial score (nSPS) is 21.2. The van der Waals surface area contributed by atoms with Crippen LogP contribution in [0.15, 0.2) is 18.2 Å². The van der Waals surface area contributed by atoms with Crippen molar-refractivity contribution in [3.8, 4) is 0 Å². The van der Waals surface area contributed by atoms with E-state index in [2.05, 4.69) is 5.32 Å². The van der Waals surface area contributed by atoms with Crippen LogP contribution in [0.2, 0.25) is 0 Å². The third-order valence-corrected chi connectivity index (χ3v) is 2.52. The fourth-order valence-corrected chi connectivity index (χ4v) is 1.54. The predicted molar refractivity (Wildman–Crippen MR) is 46.8 cm³/mol. The van der Waals surface area contributed by atoms with Gasteiger partial charge in [-0.1, -0.05) is 0 Å². The van der Waals surface area contributed by atoms with Gasteiger partial charge in [0.2, 0.25) is 0 Å². The van der Waals surface area contributed by atoms with Gasteiger partial charge in [-0.2, -0.15) is 13.2 Å². The van der Waals surface area contributed by atoms with Gasteiger partial charge in [0.1, 0.15) is 5.82 Å². The van der Waals surface area contributed by atoms with Gasteiger partial charge >= 0.3 is 6.18 Å². The Morgan fingerprint density at radius 3 is 2.40 bits per heavy atom. The first-order valence-corrected chi connectivity index (χ1v) is 4.58. The zero-order valence-corrected chi connectivity index (χ0v) is 7.74. The molecule has 0 aromatic heterocycles. The molecule has 0 unspecified atom stereocenters. The fourth-order valence-electron chi connectivity index (χ4n) is 1.54. The van der Waals surface area contributed by atoms with Gasteiger partial charge in [0.15, 0.2) is 0 Å². The summed E-state index contributed by atoms with van der Waals surface area (Å²) in [5.74, 6) is -0.583. The molecule has 2 rings (SSSR count). The van der Waals surface area contributed by atoms with Crippen LogP contribution in [-0.4, -0.2) is 6.54 Å². The molecule has 1 nitrogen and oxygen atoms in total. The summed E-state index contributed by atoms with van der Waals surface area (Å²) in [6.07, 6.45) is -3.73. The maximum atomic E-state index is 13.2. The van der Waals surface area contributed by atoms with E-state index < -0.39 is 17.6 Å². The van der Waals surface area contributed by atoms with Crippen molar-refractivity contribution in [1.29, 1.82) is 0 Å². The maximum absolute atomic E-state index is 13.2. The van der Waals surface area contributed by atoms with Gasteiger partial charge in [-0.05, 0) is 31.2 Å². The summed E-state index contributed by atoms with van der Waals surface area (Å²) in [6.45, 7) is 0.723. The number of hydrogen-bond acceptors (Lipinski definition) is 1. The first kappa shape index (κ1) is 10.4. The molecule has 0 amide bonds. The van der Waals surface area contributed by atoms with Crippen LogP contribution >= 0.6 is 0 Å². The summed E-state index contributed by atoms with van der Waals surface area (Å²) in [6, 6.07) is 2.24. The van der Waals surface area contributed by atoms with Gasteiger partial charge in [0.25, 0.3) is 0 Å². The third-order valence-electron chi connectivity index (χ3n) is 2.52. The van der Waals surface area contributed by atoms with Gasteiger partial charge in [-0.15, -0.1) is 0 Å². The highest BCUT2D eigenvalue weighted by atomic mass is 19.4. The Balaban J connectivity index is 2.36. The molecular weight excluding hydrogens is 210 g/mol. The lowest BCUT2D eigenvalue weighted by Gasteiger charge is -2.28. The molecule has 1 aromatic rings. The van der Waals surface area contributed by atoms with Gasteiger partial charge < -0.3 is 5.32 Å². The number of halogens is 4. The van der Waals surface area contributed by atoms with E-state index in [4.69, 9.17) is 0 Å². The molecule has 0 bridgehead atoms. The molecule has 0 spiro atoms. The van der Waals surface area contributed by atoms with E-state index in [9.17, 15) is 17.6 Å². The molecule has 1 atom stereocenters. The Bertz CT molecular complexity index is 368. The fraction of sp³-hybridized carbons (Fsp3) is 0.400. The molecule has 82 valence electrons. The Kier molecular flexibility index (Phi) is 2.42. The van der Waals surface area contributed by atoms with Crippen LogP contribution in [0, 0.1) is 5.82 Å². The van der Waals surface area contributed by atoms with Gasteiger partial charge in [-0.25, -0.2) is 4.39 Å². The number of rotatable bonds is 1. The summed E-state index contributed by atoms with van der Waals surface area (Å²) < 4.78 is 50.2. The molecule has 1 saturated heterocycles. The molecule has 0 radical (unpaired) electrons. The first-order chi connectivity index (χ1) is 6.98. The van der Waals surface area contributed by atoms with Crippen LogP contribution in [-0.2, 0) is 6.18 Å². The van der Waals surface area contributed by atoms with E-state index in [-0.39, 0.29) is 11.6 Å². The average molecular weight is 219 g/mol. The standard InChI is InChI=1S/C10H9F4N/c11-8-2-1-6(10(12,13)14)5-7(8)9-3-4-15-9/h1-2,5,9,15H,3-4H2/t9-/m0/s1. The minimum Gasteiger partial charge on any atom is -0.310 e. The van der Waals surface area contributed by atoms with E-state index in [0.29, 0.717) is 6.42 Å². The quantitative estimate of drug-likeness (QED) is 0.716. The van der Waals surface area contributed by atoms with Crippen LogP contribution in [0.3, 0.4) is 0 Å². The molecule has 1 aliphatic heterocycles. The van der Waals surface area contributed by atoms with E-state index >= 15 is 0 Å². The Hall–Kier alpha value is -1.10. The van der Waals surface area contributed by atoms with E-state index in [1.54, 1.807) is 0 Å². The lowest BCUT2D eigenvalue weighted by Crippen LogP contribution is -2.35. The van der Waals surface area contributed by atoms with E-state index in [0.717, 1.165) is 24.7 Å². The van der Waals surface area contributed by atoms with E-state index in [1.807, 2.05) is 0 Å². The Morgan fingerprint density at radius 2 is 1.93 bits per heavy atom. The lowest BCUT2D eigenvalue weighted by molar-refractivity contribution is -0.137. The number of benzene rings is 1. The smallest absolute Gasteiger partial charge is 0.310 e. The SMILES string of the molecule is Fc1ccc(C(F)(F)F)cc1[C@@H]1CCN1. The molecule has 1 fully saturated rings. The van der Waals surface area contributed by atoms with Crippen LogP contribution < -0.4 is 5.32 Å². The molecule has 0 aliphatic carbocycles. The molecule has 1 aromatic carbocycles. The predicted octanol–water partition coefficient (Wildman–Crippen LogP) is 2.88. The molecular formula is C10H9F4N. The minimum absolute atomic E-state index is 0.107. The van der Waals surface area contributed by atoms with Crippen molar-refractivity contribution in [2.24, 2.45) is 0 Å². The number of hydrogen-bond donors (Lipinski definition) is 1. The molecule has 5 heteroatoms. The molecule has 15 heavy (non-hydrogen) atoms. The average Bonchev–Trinajstić information content (AvgIpc) is 2.03.